The van der Waals surface area contributed by atoms with Crippen LogP contribution in [-0.4, -0.2) is 43.0 Å². The lowest BCUT2D eigenvalue weighted by Crippen LogP contribution is -2.15. The fourth-order valence-corrected chi connectivity index (χ4v) is 2.48. The van der Waals surface area contributed by atoms with Crippen LogP contribution < -0.4 is 11.1 Å². The van der Waals surface area contributed by atoms with Gasteiger partial charge < -0.3 is 11.1 Å². The third-order valence-corrected chi connectivity index (χ3v) is 3.92. The first kappa shape index (κ1) is 15.8. The van der Waals surface area contributed by atoms with Crippen LogP contribution in [0.15, 0.2) is 48.0 Å². The van der Waals surface area contributed by atoms with Gasteiger partial charge in [0.25, 0.3) is 5.91 Å². The highest BCUT2D eigenvalue weighted by Gasteiger charge is 2.13. The molecule has 1 amide bonds. The zero-order valence-corrected chi connectivity index (χ0v) is 13.7. The van der Waals surface area contributed by atoms with E-state index in [1.165, 1.54) is 11.0 Å². The molecule has 0 aliphatic rings. The minimum Gasteiger partial charge on any atom is -0.365 e. The van der Waals surface area contributed by atoms with Crippen molar-refractivity contribution in [1.82, 2.24) is 25.0 Å². The number of benzene rings is 1. The highest BCUT2D eigenvalue weighted by Crippen LogP contribution is 2.24. The van der Waals surface area contributed by atoms with Crippen molar-refractivity contribution in [2.24, 2.45) is 5.73 Å². The highest BCUT2D eigenvalue weighted by molar-refractivity contribution is 8.13. The minimum absolute atomic E-state index is 0.215. The molecule has 1 unspecified atom stereocenters. The summed E-state index contributed by atoms with van der Waals surface area (Å²) in [6.45, 7) is 0. The summed E-state index contributed by atoms with van der Waals surface area (Å²) in [5, 5.41) is 11.8. The van der Waals surface area contributed by atoms with Gasteiger partial charge in [-0.25, -0.2) is 9.97 Å². The van der Waals surface area contributed by atoms with Crippen molar-refractivity contribution >= 4 is 33.8 Å². The summed E-state index contributed by atoms with van der Waals surface area (Å²) in [4.78, 5) is 21.6. The second kappa shape index (κ2) is 6.59. The van der Waals surface area contributed by atoms with E-state index in [-0.39, 0.29) is 16.0 Å². The summed E-state index contributed by atoms with van der Waals surface area (Å²) in [5.41, 5.74) is 7.11. The summed E-state index contributed by atoms with van der Waals surface area (Å²) in [6.07, 6.45) is 6.50. The van der Waals surface area contributed by atoms with Crippen LogP contribution in [0.2, 0.25) is 0 Å². The average molecular weight is 341 g/mol. The first-order valence-electron chi connectivity index (χ1n) is 6.91. The third-order valence-electron chi connectivity index (χ3n) is 3.10. The molecule has 2 aromatic heterocycles. The van der Waals surface area contributed by atoms with Crippen molar-refractivity contribution in [3.05, 3.63) is 48.4 Å². The van der Waals surface area contributed by atoms with Crippen LogP contribution >= 0.6 is 10.5 Å². The van der Waals surface area contributed by atoms with E-state index in [0.29, 0.717) is 11.0 Å². The minimum atomic E-state index is -0.603. The number of amides is 1. The number of nitrogens with one attached hydrogen (secondary N) is 1. The molecule has 3 N–H and O–H groups in total. The van der Waals surface area contributed by atoms with Gasteiger partial charge in [0, 0.05) is 11.9 Å². The number of nitrogens with zero attached hydrogens (tertiary/aromatic N) is 5. The Morgan fingerprint density at radius 3 is 2.75 bits per heavy atom. The number of rotatable bonds is 5. The van der Waals surface area contributed by atoms with Crippen LogP contribution in [0.4, 0.5) is 11.5 Å². The van der Waals surface area contributed by atoms with Gasteiger partial charge >= 0.3 is 0 Å². The SMILES string of the molecule is C=S(C)c1ncc(C(N)=O)c(Nc2cccc(-n3nccn3)c2)n1. The lowest BCUT2D eigenvalue weighted by Gasteiger charge is -2.11. The van der Waals surface area contributed by atoms with Gasteiger partial charge in [-0.2, -0.15) is 15.0 Å². The Morgan fingerprint density at radius 2 is 2.08 bits per heavy atom. The van der Waals surface area contributed by atoms with Gasteiger partial charge in [0.05, 0.1) is 18.1 Å². The monoisotopic (exact) mass is 341 g/mol. The van der Waals surface area contributed by atoms with E-state index < -0.39 is 5.91 Å². The highest BCUT2D eigenvalue weighted by atomic mass is 32.2. The molecule has 0 bridgehead atoms. The standard InChI is InChI=1S/C15H15N7OS/c1-24(2)15-17-9-12(13(16)23)14(21-15)20-10-4-3-5-11(8-10)22-18-6-7-19-22/h3-9H,1H2,2H3,(H2,16,23)(H,17,20,21). The van der Waals surface area contributed by atoms with Crippen LogP contribution in [0, 0.1) is 0 Å². The molecule has 0 aliphatic heterocycles. The predicted molar refractivity (Wildman–Crippen MR) is 94.1 cm³/mol. The topological polar surface area (TPSA) is 112 Å². The Morgan fingerprint density at radius 1 is 1.33 bits per heavy atom. The molecule has 24 heavy (non-hydrogen) atoms. The Hall–Kier alpha value is -3.07. The fourth-order valence-electron chi connectivity index (χ4n) is 2.00. The van der Waals surface area contributed by atoms with Crippen LogP contribution in [0.3, 0.4) is 0 Å². The first-order chi connectivity index (χ1) is 11.5. The van der Waals surface area contributed by atoms with E-state index in [1.807, 2.05) is 30.5 Å². The van der Waals surface area contributed by atoms with E-state index in [1.54, 1.807) is 12.4 Å². The summed E-state index contributed by atoms with van der Waals surface area (Å²) in [7, 11) is -0.386. The van der Waals surface area contributed by atoms with Gasteiger partial charge in [0.2, 0.25) is 0 Å². The van der Waals surface area contributed by atoms with Crippen LogP contribution in [0.25, 0.3) is 5.69 Å². The number of hydrogen-bond acceptors (Lipinski definition) is 6. The maximum Gasteiger partial charge on any atom is 0.254 e. The number of hydrogen-bond donors (Lipinski definition) is 2. The van der Waals surface area contributed by atoms with Crippen molar-refractivity contribution < 1.29 is 4.79 Å². The fraction of sp³-hybridized carbons (Fsp3) is 0.0667. The second-order valence-electron chi connectivity index (χ2n) is 4.91. The number of carbonyl (C=O) groups is 1. The molecule has 1 atom stereocenters. The Kier molecular flexibility index (Phi) is 4.34. The quantitative estimate of drug-likeness (QED) is 0.538. The molecule has 0 saturated carbocycles. The summed E-state index contributed by atoms with van der Waals surface area (Å²) in [5.74, 6) is 3.66. The lowest BCUT2D eigenvalue weighted by molar-refractivity contribution is 0.100. The molecule has 0 spiro atoms. The molecule has 3 aromatic rings. The van der Waals surface area contributed by atoms with Gasteiger partial charge in [0.1, 0.15) is 11.4 Å². The molecular formula is C15H15N7OS. The lowest BCUT2D eigenvalue weighted by atomic mass is 10.2. The summed E-state index contributed by atoms with van der Waals surface area (Å²) in [6, 6.07) is 7.39. The maximum atomic E-state index is 11.6. The molecule has 122 valence electrons. The molecule has 0 radical (unpaired) electrons. The number of primary amides is 1. The number of aromatic nitrogens is 5. The van der Waals surface area contributed by atoms with E-state index >= 15 is 0 Å². The smallest absolute Gasteiger partial charge is 0.254 e. The largest absolute Gasteiger partial charge is 0.365 e. The van der Waals surface area contributed by atoms with Crippen molar-refractivity contribution in [3.8, 4) is 5.69 Å². The molecule has 2 heterocycles. The second-order valence-corrected chi connectivity index (χ2v) is 6.55. The van der Waals surface area contributed by atoms with Gasteiger partial charge in [0.15, 0.2) is 5.16 Å². The van der Waals surface area contributed by atoms with Gasteiger partial charge in [-0.15, -0.1) is 10.5 Å². The molecule has 0 saturated heterocycles. The molecule has 8 nitrogen and oxygen atoms in total. The third kappa shape index (κ3) is 3.30. The number of nitrogens with two attached hydrogens (primary N) is 1. The van der Waals surface area contributed by atoms with E-state index in [2.05, 4.69) is 31.4 Å². The molecular weight excluding hydrogens is 326 g/mol. The molecule has 3 rings (SSSR count). The van der Waals surface area contributed by atoms with E-state index in [4.69, 9.17) is 5.73 Å². The predicted octanol–water partition coefficient (Wildman–Crippen LogP) is 1.59. The van der Waals surface area contributed by atoms with Crippen LogP contribution in [-0.2, 0) is 0 Å². The Labute approximate surface area is 140 Å². The Balaban J connectivity index is 1.98. The zero-order valence-electron chi connectivity index (χ0n) is 12.9. The molecule has 1 aromatic carbocycles. The Bertz CT molecular complexity index is 908. The van der Waals surface area contributed by atoms with E-state index in [0.717, 1.165) is 11.4 Å². The van der Waals surface area contributed by atoms with Gasteiger partial charge in [-0.3, -0.25) is 4.79 Å². The average Bonchev–Trinajstić information content (AvgIpc) is 3.09. The van der Waals surface area contributed by atoms with Crippen molar-refractivity contribution in [3.63, 3.8) is 0 Å². The van der Waals surface area contributed by atoms with Crippen LogP contribution in [0.1, 0.15) is 10.4 Å². The molecule has 0 aliphatic carbocycles. The zero-order chi connectivity index (χ0) is 17.1. The molecule has 0 fully saturated rings. The van der Waals surface area contributed by atoms with Crippen molar-refractivity contribution in [1.29, 1.82) is 0 Å². The summed E-state index contributed by atoms with van der Waals surface area (Å²) >= 11 is 0. The van der Waals surface area contributed by atoms with Gasteiger partial charge in [-0.05, 0) is 24.5 Å². The first-order valence-corrected chi connectivity index (χ1v) is 8.71. The summed E-state index contributed by atoms with van der Waals surface area (Å²) < 4.78 is 0. The molecule has 9 heteroatoms. The normalized spacial score (nSPS) is 11.9. The van der Waals surface area contributed by atoms with Gasteiger partial charge in [-0.1, -0.05) is 11.9 Å². The van der Waals surface area contributed by atoms with Crippen molar-refractivity contribution in [2.75, 3.05) is 11.6 Å². The maximum absolute atomic E-state index is 11.6. The van der Waals surface area contributed by atoms with Crippen molar-refractivity contribution in [2.45, 2.75) is 5.16 Å². The number of carbonyl (C=O) groups excluding carboxylic acids is 1. The van der Waals surface area contributed by atoms with E-state index in [9.17, 15) is 4.79 Å². The van der Waals surface area contributed by atoms with Crippen LogP contribution in [0.5, 0.6) is 0 Å². The number of anilines is 2.